The number of rotatable bonds is 4. The van der Waals surface area contributed by atoms with Gasteiger partial charge in [0.15, 0.2) is 5.54 Å². The molecule has 0 radical (unpaired) electrons. The van der Waals surface area contributed by atoms with Crippen molar-refractivity contribution in [1.29, 1.82) is 0 Å². The number of esters is 1. The van der Waals surface area contributed by atoms with E-state index in [9.17, 15) is 19.2 Å². The molecule has 1 atom stereocenters. The lowest BCUT2D eigenvalue weighted by Gasteiger charge is -2.28. The maximum absolute atomic E-state index is 13.2. The summed E-state index contributed by atoms with van der Waals surface area (Å²) in [4.78, 5) is 51.0. The van der Waals surface area contributed by atoms with Crippen molar-refractivity contribution in [3.05, 3.63) is 24.3 Å². The molecule has 1 aromatic carbocycles. The Morgan fingerprint density at radius 2 is 1.85 bits per heavy atom. The Hall–Kier alpha value is -3.23. The maximum atomic E-state index is 13.2. The molecule has 0 bridgehead atoms. The summed E-state index contributed by atoms with van der Waals surface area (Å²) < 4.78 is 10.0. The van der Waals surface area contributed by atoms with E-state index in [1.807, 2.05) is 0 Å². The van der Waals surface area contributed by atoms with Crippen LogP contribution in [-0.4, -0.2) is 53.7 Å². The SMILES string of the molecule is CCOC(=O)C1=NN(C(C)=O)C2(CC(=O)N(c3ccc(OC)cc3)C2=O)C1. The van der Waals surface area contributed by atoms with Crippen LogP contribution in [0.1, 0.15) is 26.7 Å². The van der Waals surface area contributed by atoms with E-state index in [0.29, 0.717) is 11.4 Å². The van der Waals surface area contributed by atoms with Gasteiger partial charge in [-0.05, 0) is 31.2 Å². The highest BCUT2D eigenvalue weighted by molar-refractivity contribution is 6.39. The fourth-order valence-electron chi connectivity index (χ4n) is 3.33. The first-order valence-electron chi connectivity index (χ1n) is 8.41. The topological polar surface area (TPSA) is 106 Å². The van der Waals surface area contributed by atoms with Crippen molar-refractivity contribution in [2.45, 2.75) is 32.2 Å². The van der Waals surface area contributed by atoms with E-state index in [1.165, 1.54) is 14.0 Å². The molecule has 1 unspecified atom stereocenters. The van der Waals surface area contributed by atoms with E-state index in [-0.39, 0.29) is 25.2 Å². The number of nitrogens with zero attached hydrogens (tertiary/aromatic N) is 3. The molecule has 0 aromatic heterocycles. The number of benzene rings is 1. The minimum Gasteiger partial charge on any atom is -0.497 e. The van der Waals surface area contributed by atoms with Crippen molar-refractivity contribution >= 4 is 35.1 Å². The van der Waals surface area contributed by atoms with Crippen molar-refractivity contribution in [1.82, 2.24) is 5.01 Å². The highest BCUT2D eigenvalue weighted by Gasteiger charge is 2.61. The third-order valence-electron chi connectivity index (χ3n) is 4.52. The van der Waals surface area contributed by atoms with Gasteiger partial charge in [-0.1, -0.05) is 0 Å². The summed E-state index contributed by atoms with van der Waals surface area (Å²) in [5.41, 5.74) is -1.23. The number of carbonyl (C=O) groups excluding carboxylic acids is 4. The molecule has 27 heavy (non-hydrogen) atoms. The number of ether oxygens (including phenoxy) is 2. The number of imide groups is 1. The number of anilines is 1. The van der Waals surface area contributed by atoms with Crippen LogP contribution in [0.4, 0.5) is 5.69 Å². The molecular formula is C18H19N3O6. The van der Waals surface area contributed by atoms with E-state index in [0.717, 1.165) is 9.91 Å². The van der Waals surface area contributed by atoms with E-state index in [4.69, 9.17) is 9.47 Å². The van der Waals surface area contributed by atoms with Crippen molar-refractivity contribution in [3.63, 3.8) is 0 Å². The van der Waals surface area contributed by atoms with Gasteiger partial charge in [-0.2, -0.15) is 5.10 Å². The molecular weight excluding hydrogens is 354 g/mol. The molecule has 2 heterocycles. The summed E-state index contributed by atoms with van der Waals surface area (Å²) in [5, 5.41) is 4.92. The van der Waals surface area contributed by atoms with Gasteiger partial charge in [0.2, 0.25) is 11.8 Å². The zero-order chi connectivity index (χ0) is 19.8. The summed E-state index contributed by atoms with van der Waals surface area (Å²) in [7, 11) is 1.51. The van der Waals surface area contributed by atoms with Gasteiger partial charge in [-0.25, -0.2) is 14.7 Å². The van der Waals surface area contributed by atoms with Gasteiger partial charge in [0.1, 0.15) is 11.5 Å². The van der Waals surface area contributed by atoms with Gasteiger partial charge in [-0.3, -0.25) is 14.4 Å². The lowest BCUT2D eigenvalue weighted by Crippen LogP contribution is -2.51. The molecule has 3 rings (SSSR count). The molecule has 1 fully saturated rings. The lowest BCUT2D eigenvalue weighted by atomic mass is 9.91. The van der Waals surface area contributed by atoms with Gasteiger partial charge in [-0.15, -0.1) is 0 Å². The molecule has 1 aromatic rings. The predicted octanol–water partition coefficient (Wildman–Crippen LogP) is 0.869. The van der Waals surface area contributed by atoms with Crippen LogP contribution in [0.25, 0.3) is 0 Å². The van der Waals surface area contributed by atoms with Crippen LogP contribution in [0.15, 0.2) is 29.4 Å². The Morgan fingerprint density at radius 3 is 2.41 bits per heavy atom. The fraction of sp³-hybridized carbons (Fsp3) is 0.389. The summed E-state index contributed by atoms with van der Waals surface area (Å²) >= 11 is 0. The molecule has 1 spiro atoms. The second-order valence-corrected chi connectivity index (χ2v) is 6.22. The van der Waals surface area contributed by atoms with Crippen LogP contribution in [0, 0.1) is 0 Å². The van der Waals surface area contributed by atoms with Crippen LogP contribution in [0.2, 0.25) is 0 Å². The first-order valence-corrected chi connectivity index (χ1v) is 8.41. The van der Waals surface area contributed by atoms with E-state index < -0.39 is 29.2 Å². The number of methoxy groups -OCH3 is 1. The van der Waals surface area contributed by atoms with Crippen molar-refractivity contribution in [3.8, 4) is 5.75 Å². The molecule has 0 saturated carbocycles. The normalized spacial score (nSPS) is 21.7. The Balaban J connectivity index is 1.96. The molecule has 2 aliphatic heterocycles. The Bertz CT molecular complexity index is 847. The first-order chi connectivity index (χ1) is 12.8. The minimum atomic E-state index is -1.54. The third kappa shape index (κ3) is 2.94. The largest absolute Gasteiger partial charge is 0.497 e. The Labute approximate surface area is 155 Å². The van der Waals surface area contributed by atoms with Crippen molar-refractivity contribution < 1.29 is 28.7 Å². The average Bonchev–Trinajstić information content (AvgIpc) is 3.14. The van der Waals surface area contributed by atoms with Gasteiger partial charge in [0.25, 0.3) is 5.91 Å². The highest BCUT2D eigenvalue weighted by Crippen LogP contribution is 2.40. The second-order valence-electron chi connectivity index (χ2n) is 6.22. The van der Waals surface area contributed by atoms with Crippen molar-refractivity contribution in [2.24, 2.45) is 5.10 Å². The summed E-state index contributed by atoms with van der Waals surface area (Å²) in [5.74, 6) is -1.74. The molecule has 0 aliphatic carbocycles. The Kier molecular flexibility index (Phi) is 4.69. The standard InChI is InChI=1S/C18H19N3O6/c1-4-27-16(24)14-9-18(21(19-14)11(2)22)10-15(23)20(17(18)25)12-5-7-13(26-3)8-6-12/h5-8H,4,9-10H2,1-3H3. The van der Waals surface area contributed by atoms with Crippen LogP contribution >= 0.6 is 0 Å². The third-order valence-corrected chi connectivity index (χ3v) is 4.52. The molecule has 2 aliphatic rings. The van der Waals surface area contributed by atoms with Crippen LogP contribution in [0.5, 0.6) is 5.75 Å². The number of hydrogen-bond donors (Lipinski definition) is 0. The number of amides is 3. The van der Waals surface area contributed by atoms with Crippen LogP contribution in [0.3, 0.4) is 0 Å². The fourth-order valence-corrected chi connectivity index (χ4v) is 3.33. The monoisotopic (exact) mass is 373 g/mol. The molecule has 9 heteroatoms. The van der Waals surface area contributed by atoms with Crippen molar-refractivity contribution in [2.75, 3.05) is 18.6 Å². The summed E-state index contributed by atoms with van der Waals surface area (Å²) in [6.07, 6.45) is -0.424. The number of carbonyl (C=O) groups is 4. The van der Waals surface area contributed by atoms with Gasteiger partial charge in [0.05, 0.1) is 25.8 Å². The summed E-state index contributed by atoms with van der Waals surface area (Å²) in [6, 6.07) is 6.40. The zero-order valence-electron chi connectivity index (χ0n) is 15.2. The highest BCUT2D eigenvalue weighted by atomic mass is 16.5. The Morgan fingerprint density at radius 1 is 1.19 bits per heavy atom. The second kappa shape index (κ2) is 6.82. The smallest absolute Gasteiger partial charge is 0.354 e. The zero-order valence-corrected chi connectivity index (χ0v) is 15.2. The lowest BCUT2D eigenvalue weighted by molar-refractivity contribution is -0.141. The quantitative estimate of drug-likeness (QED) is 0.573. The molecule has 1 saturated heterocycles. The molecule has 9 nitrogen and oxygen atoms in total. The van der Waals surface area contributed by atoms with Crippen LogP contribution < -0.4 is 9.64 Å². The van der Waals surface area contributed by atoms with Crippen LogP contribution in [-0.2, 0) is 23.9 Å². The maximum Gasteiger partial charge on any atom is 0.354 e. The van der Waals surface area contributed by atoms with E-state index in [1.54, 1.807) is 31.2 Å². The minimum absolute atomic E-state index is 0.0511. The first kappa shape index (κ1) is 18.6. The number of hydrogen-bond acceptors (Lipinski definition) is 7. The molecule has 0 N–H and O–H groups in total. The average molecular weight is 373 g/mol. The molecule has 3 amide bonds. The molecule has 142 valence electrons. The van der Waals surface area contributed by atoms with E-state index >= 15 is 0 Å². The van der Waals surface area contributed by atoms with E-state index in [2.05, 4.69) is 5.10 Å². The summed E-state index contributed by atoms with van der Waals surface area (Å²) in [6.45, 7) is 3.00. The van der Waals surface area contributed by atoms with Gasteiger partial charge < -0.3 is 9.47 Å². The van der Waals surface area contributed by atoms with Gasteiger partial charge >= 0.3 is 5.97 Å². The number of hydrazone groups is 1. The predicted molar refractivity (Wildman–Crippen MR) is 94.0 cm³/mol. The van der Waals surface area contributed by atoms with Gasteiger partial charge in [0, 0.05) is 13.3 Å².